The van der Waals surface area contributed by atoms with Crippen molar-refractivity contribution >= 4 is 44.8 Å². The van der Waals surface area contributed by atoms with Crippen molar-refractivity contribution in [2.24, 2.45) is 0 Å². The van der Waals surface area contributed by atoms with Gasteiger partial charge in [-0.1, -0.05) is 39.1 Å². The second kappa shape index (κ2) is 6.81. The molecule has 1 aromatic rings. The summed E-state index contributed by atoms with van der Waals surface area (Å²) in [6.45, 7) is 1.92. The predicted molar refractivity (Wildman–Crippen MR) is 75.1 cm³/mol. The van der Waals surface area contributed by atoms with Crippen molar-refractivity contribution in [2.45, 2.75) is 19.3 Å². The summed E-state index contributed by atoms with van der Waals surface area (Å²) in [7, 11) is 3.16. The zero-order valence-corrected chi connectivity index (χ0v) is 12.9. The first kappa shape index (κ1) is 15.1. The highest BCUT2D eigenvalue weighted by Crippen LogP contribution is 2.34. The molecule has 0 saturated carbocycles. The van der Waals surface area contributed by atoms with Gasteiger partial charge in [-0.25, -0.2) is 0 Å². The van der Waals surface area contributed by atoms with Crippen LogP contribution >= 0.6 is 39.1 Å². The first-order chi connectivity index (χ1) is 7.99. The summed E-state index contributed by atoms with van der Waals surface area (Å²) in [4.78, 5) is 0. The van der Waals surface area contributed by atoms with E-state index in [2.05, 4.69) is 21.2 Å². The van der Waals surface area contributed by atoms with Crippen LogP contribution in [0.3, 0.4) is 0 Å². The van der Waals surface area contributed by atoms with Crippen LogP contribution in [0.15, 0.2) is 16.6 Å². The largest absolute Gasteiger partial charge is 0.375 e. The highest BCUT2D eigenvalue weighted by atomic mass is 79.9. The molecule has 96 valence electrons. The third-order valence-electron chi connectivity index (χ3n) is 2.25. The Labute approximate surface area is 120 Å². The second-order valence-corrected chi connectivity index (χ2v) is 5.25. The number of methoxy groups -OCH3 is 2. The van der Waals surface area contributed by atoms with Gasteiger partial charge in [-0.15, -0.1) is 0 Å². The first-order valence-electron chi connectivity index (χ1n) is 4.96. The molecule has 0 bridgehead atoms. The van der Waals surface area contributed by atoms with Gasteiger partial charge in [0.25, 0.3) is 0 Å². The summed E-state index contributed by atoms with van der Waals surface area (Å²) < 4.78 is 11.1. The fourth-order valence-corrected chi connectivity index (χ4v) is 2.80. The van der Waals surface area contributed by atoms with Crippen LogP contribution in [0.25, 0.3) is 0 Å². The smallest absolute Gasteiger partial charge is 0.176 e. The molecule has 0 heterocycles. The van der Waals surface area contributed by atoms with Gasteiger partial charge >= 0.3 is 0 Å². The van der Waals surface area contributed by atoms with E-state index in [9.17, 15) is 0 Å². The summed E-state index contributed by atoms with van der Waals surface area (Å²) >= 11 is 15.5. The average Bonchev–Trinajstić information content (AvgIpc) is 2.25. The lowest BCUT2D eigenvalue weighted by molar-refractivity contribution is -0.109. The monoisotopic (exact) mass is 341 g/mol. The molecule has 0 spiro atoms. The summed E-state index contributed by atoms with van der Waals surface area (Å²) in [5.41, 5.74) is 0.670. The second-order valence-electron chi connectivity index (χ2n) is 3.52. The van der Waals surface area contributed by atoms with Crippen LogP contribution < -0.4 is 5.32 Å². The van der Waals surface area contributed by atoms with Gasteiger partial charge in [-0.2, -0.15) is 0 Å². The van der Waals surface area contributed by atoms with Crippen molar-refractivity contribution in [2.75, 3.05) is 19.5 Å². The minimum atomic E-state index is -0.370. The van der Waals surface area contributed by atoms with Crippen LogP contribution in [0.5, 0.6) is 0 Å². The molecule has 1 N–H and O–H groups in total. The van der Waals surface area contributed by atoms with Crippen LogP contribution in [0.1, 0.15) is 6.92 Å². The minimum absolute atomic E-state index is 0.0822. The molecule has 1 rings (SSSR count). The van der Waals surface area contributed by atoms with Gasteiger partial charge < -0.3 is 14.8 Å². The lowest BCUT2D eigenvalue weighted by Gasteiger charge is -2.24. The lowest BCUT2D eigenvalue weighted by atomic mass is 10.2. The Hall–Kier alpha value is -0.0000000000000000555. The van der Waals surface area contributed by atoms with Gasteiger partial charge in [-0.3, -0.25) is 0 Å². The molecule has 1 unspecified atom stereocenters. The van der Waals surface area contributed by atoms with E-state index in [-0.39, 0.29) is 12.3 Å². The molecular formula is C11H14BrCl2NO2. The molecule has 0 fully saturated rings. The van der Waals surface area contributed by atoms with Gasteiger partial charge in [-0.05, 0) is 19.1 Å². The Kier molecular flexibility index (Phi) is 6.03. The van der Waals surface area contributed by atoms with Crippen molar-refractivity contribution in [1.82, 2.24) is 0 Å². The molecule has 0 saturated heterocycles. The maximum atomic E-state index is 6.11. The van der Waals surface area contributed by atoms with Crippen LogP contribution in [0, 0.1) is 0 Å². The summed E-state index contributed by atoms with van der Waals surface area (Å²) in [5.74, 6) is 0. The minimum Gasteiger partial charge on any atom is -0.375 e. The predicted octanol–water partition coefficient (Wildman–Crippen LogP) is 4.18. The number of rotatable bonds is 5. The highest BCUT2D eigenvalue weighted by Gasteiger charge is 2.18. The number of benzene rings is 1. The van der Waals surface area contributed by atoms with Gasteiger partial charge in [0, 0.05) is 18.7 Å². The van der Waals surface area contributed by atoms with Crippen LogP contribution in [0.4, 0.5) is 5.69 Å². The van der Waals surface area contributed by atoms with E-state index < -0.39 is 0 Å². The Morgan fingerprint density at radius 2 is 1.65 bits per heavy atom. The van der Waals surface area contributed by atoms with E-state index in [4.69, 9.17) is 32.7 Å². The van der Waals surface area contributed by atoms with Crippen molar-refractivity contribution in [1.29, 1.82) is 0 Å². The van der Waals surface area contributed by atoms with Gasteiger partial charge in [0.05, 0.1) is 21.8 Å². The topological polar surface area (TPSA) is 30.5 Å². The molecule has 0 aliphatic heterocycles. The molecular weight excluding hydrogens is 329 g/mol. The molecule has 6 heteroatoms. The van der Waals surface area contributed by atoms with Crippen molar-refractivity contribution in [3.05, 3.63) is 26.7 Å². The highest BCUT2D eigenvalue weighted by molar-refractivity contribution is 9.10. The Bertz CT molecular complexity index is 363. The number of halogens is 3. The van der Waals surface area contributed by atoms with Crippen LogP contribution in [0.2, 0.25) is 10.0 Å². The molecule has 0 radical (unpaired) electrons. The van der Waals surface area contributed by atoms with Crippen molar-refractivity contribution < 1.29 is 9.47 Å². The number of ether oxygens (including phenoxy) is 2. The zero-order chi connectivity index (χ0) is 13.0. The molecule has 3 nitrogen and oxygen atoms in total. The molecule has 0 aliphatic carbocycles. The number of nitrogens with one attached hydrogen (secondary N) is 1. The zero-order valence-electron chi connectivity index (χ0n) is 9.76. The number of hydrogen-bond donors (Lipinski definition) is 1. The van der Waals surface area contributed by atoms with Crippen LogP contribution in [-0.4, -0.2) is 26.6 Å². The Morgan fingerprint density at radius 3 is 2.06 bits per heavy atom. The summed E-state index contributed by atoms with van der Waals surface area (Å²) in [6, 6.07) is 3.47. The van der Waals surface area contributed by atoms with Gasteiger partial charge in [0.15, 0.2) is 6.29 Å². The maximum absolute atomic E-state index is 6.11. The molecule has 0 amide bonds. The van der Waals surface area contributed by atoms with E-state index in [0.717, 1.165) is 4.47 Å². The van der Waals surface area contributed by atoms with Gasteiger partial charge in [0.1, 0.15) is 0 Å². The molecule has 0 aliphatic rings. The van der Waals surface area contributed by atoms with Gasteiger partial charge in [0.2, 0.25) is 0 Å². The SMILES string of the molecule is COC(OC)C(C)Nc1c(Cl)cc(Br)cc1Cl. The van der Waals surface area contributed by atoms with Crippen molar-refractivity contribution in [3.63, 3.8) is 0 Å². The molecule has 0 aromatic heterocycles. The third-order valence-corrected chi connectivity index (χ3v) is 3.31. The summed E-state index contributed by atoms with van der Waals surface area (Å²) in [5, 5.41) is 4.26. The number of anilines is 1. The van der Waals surface area contributed by atoms with E-state index in [0.29, 0.717) is 15.7 Å². The average molecular weight is 343 g/mol. The lowest BCUT2D eigenvalue weighted by Crippen LogP contribution is -2.33. The fraction of sp³-hybridized carbons (Fsp3) is 0.455. The molecule has 1 atom stereocenters. The standard InChI is InChI=1S/C11H14BrCl2NO2/c1-6(11(16-2)17-3)15-10-8(13)4-7(12)5-9(10)14/h4-6,11,15H,1-3H3. The van der Waals surface area contributed by atoms with E-state index in [1.54, 1.807) is 26.4 Å². The quantitative estimate of drug-likeness (QED) is 0.814. The first-order valence-corrected chi connectivity index (χ1v) is 6.51. The normalized spacial score (nSPS) is 12.9. The van der Waals surface area contributed by atoms with E-state index in [1.165, 1.54) is 0 Å². The van der Waals surface area contributed by atoms with Crippen LogP contribution in [-0.2, 0) is 9.47 Å². The third kappa shape index (κ3) is 4.00. The Morgan fingerprint density at radius 1 is 1.18 bits per heavy atom. The number of hydrogen-bond acceptors (Lipinski definition) is 3. The summed E-state index contributed by atoms with van der Waals surface area (Å²) in [6.07, 6.45) is -0.370. The van der Waals surface area contributed by atoms with E-state index in [1.807, 2.05) is 6.92 Å². The fourth-order valence-electron chi connectivity index (χ4n) is 1.48. The maximum Gasteiger partial charge on any atom is 0.176 e. The molecule has 17 heavy (non-hydrogen) atoms. The Balaban J connectivity index is 2.88. The molecule has 1 aromatic carbocycles. The van der Waals surface area contributed by atoms with E-state index >= 15 is 0 Å². The van der Waals surface area contributed by atoms with Crippen molar-refractivity contribution in [3.8, 4) is 0 Å².